The van der Waals surface area contributed by atoms with Crippen LogP contribution in [0.4, 0.5) is 0 Å². The van der Waals surface area contributed by atoms with E-state index in [1.54, 1.807) is 0 Å². The molecule has 0 spiro atoms. The van der Waals surface area contributed by atoms with Crippen molar-refractivity contribution in [2.45, 2.75) is 33.2 Å². The van der Waals surface area contributed by atoms with Crippen LogP contribution in [0.3, 0.4) is 0 Å². The maximum atomic E-state index is 4.56. The average Bonchev–Trinajstić information content (AvgIpc) is 2.79. The Morgan fingerprint density at radius 2 is 2.18 bits per heavy atom. The normalized spacial score (nSPS) is 25.5. The summed E-state index contributed by atoms with van der Waals surface area (Å²) < 4.78 is 0. The van der Waals surface area contributed by atoms with Crippen molar-refractivity contribution in [1.29, 1.82) is 0 Å². The second kappa shape index (κ2) is 5.43. The molecular weight excluding hydrogens is 212 g/mol. The molecule has 96 valence electrons. The Kier molecular flexibility index (Phi) is 3.92. The number of allylic oxidation sites excluding steroid dienone is 1. The lowest BCUT2D eigenvalue weighted by Crippen LogP contribution is -2.37. The molecule has 0 aliphatic carbocycles. The Morgan fingerprint density at radius 1 is 1.35 bits per heavy atom. The summed E-state index contributed by atoms with van der Waals surface area (Å²) in [7, 11) is 0. The van der Waals surface area contributed by atoms with Gasteiger partial charge in [-0.2, -0.15) is 0 Å². The van der Waals surface area contributed by atoms with Gasteiger partial charge in [-0.05, 0) is 12.3 Å². The summed E-state index contributed by atoms with van der Waals surface area (Å²) in [5, 5.41) is 10.3. The summed E-state index contributed by atoms with van der Waals surface area (Å²) in [4.78, 5) is 4.56. The molecule has 2 unspecified atom stereocenters. The number of nitrogens with zero attached hydrogens (tertiary/aromatic N) is 1. The van der Waals surface area contributed by atoms with Gasteiger partial charge in [-0.1, -0.05) is 20.8 Å². The molecule has 2 aliphatic rings. The van der Waals surface area contributed by atoms with E-state index in [0.717, 1.165) is 26.1 Å². The van der Waals surface area contributed by atoms with Gasteiger partial charge < -0.3 is 16.0 Å². The first-order chi connectivity index (χ1) is 8.16. The van der Waals surface area contributed by atoms with E-state index in [0.29, 0.717) is 17.9 Å². The third-order valence-corrected chi connectivity index (χ3v) is 3.41. The van der Waals surface area contributed by atoms with Crippen molar-refractivity contribution in [3.63, 3.8) is 0 Å². The van der Waals surface area contributed by atoms with Crippen LogP contribution in [-0.4, -0.2) is 31.5 Å². The van der Waals surface area contributed by atoms with Crippen LogP contribution in [0, 0.1) is 11.8 Å². The van der Waals surface area contributed by atoms with Crippen molar-refractivity contribution in [1.82, 2.24) is 16.0 Å². The fourth-order valence-corrected chi connectivity index (χ4v) is 2.37. The van der Waals surface area contributed by atoms with Crippen LogP contribution in [-0.2, 0) is 0 Å². The largest absolute Gasteiger partial charge is 0.388 e. The molecule has 0 bridgehead atoms. The van der Waals surface area contributed by atoms with Crippen LogP contribution < -0.4 is 16.0 Å². The van der Waals surface area contributed by atoms with Gasteiger partial charge in [-0.3, -0.25) is 4.99 Å². The van der Waals surface area contributed by atoms with Gasteiger partial charge in [-0.15, -0.1) is 0 Å². The number of amidine groups is 1. The van der Waals surface area contributed by atoms with E-state index in [1.165, 1.54) is 11.5 Å². The van der Waals surface area contributed by atoms with E-state index in [4.69, 9.17) is 0 Å². The van der Waals surface area contributed by atoms with Gasteiger partial charge in [0.1, 0.15) is 0 Å². The van der Waals surface area contributed by atoms with E-state index >= 15 is 0 Å². The smallest absolute Gasteiger partial charge is 0.0992 e. The average molecular weight is 236 g/mol. The van der Waals surface area contributed by atoms with Crippen molar-refractivity contribution in [3.8, 4) is 0 Å². The Hall–Kier alpha value is -1.19. The Labute approximate surface area is 104 Å². The van der Waals surface area contributed by atoms with Crippen LogP contribution in [0.15, 0.2) is 16.9 Å². The predicted molar refractivity (Wildman–Crippen MR) is 71.9 cm³/mol. The van der Waals surface area contributed by atoms with E-state index in [9.17, 15) is 0 Å². The minimum atomic E-state index is 0.507. The molecule has 2 aliphatic heterocycles. The number of hydrogen-bond acceptors (Lipinski definition) is 4. The molecule has 2 atom stereocenters. The predicted octanol–water partition coefficient (Wildman–Crippen LogP) is 1.07. The highest BCUT2D eigenvalue weighted by Gasteiger charge is 2.23. The highest BCUT2D eigenvalue weighted by Crippen LogP contribution is 2.17. The highest BCUT2D eigenvalue weighted by molar-refractivity contribution is 5.85. The molecular formula is C13H24N4. The third kappa shape index (κ3) is 3.14. The van der Waals surface area contributed by atoms with Gasteiger partial charge in [0.25, 0.3) is 0 Å². The molecule has 0 saturated heterocycles. The van der Waals surface area contributed by atoms with Gasteiger partial charge in [0.2, 0.25) is 0 Å². The summed E-state index contributed by atoms with van der Waals surface area (Å²) in [6.45, 7) is 9.64. The molecule has 0 aromatic carbocycles. The first kappa shape index (κ1) is 12.3. The lowest BCUT2D eigenvalue weighted by Gasteiger charge is -2.24. The molecule has 4 nitrogen and oxygen atoms in total. The fraction of sp³-hybridized carbons (Fsp3) is 0.769. The standard InChI is InChI=1S/C13H24N4/c1-9(2)13-16-7-11(17-13)6-10(3)12-8-14-4-5-15-12/h8-11,14-15H,4-7H2,1-3H3,(H,16,17). The molecule has 2 heterocycles. The second-order valence-corrected chi connectivity index (χ2v) is 5.34. The Balaban J connectivity index is 1.81. The monoisotopic (exact) mass is 236 g/mol. The molecule has 0 fully saturated rings. The van der Waals surface area contributed by atoms with E-state index < -0.39 is 0 Å². The summed E-state index contributed by atoms with van der Waals surface area (Å²) in [5.41, 5.74) is 1.33. The summed E-state index contributed by atoms with van der Waals surface area (Å²) in [6.07, 6.45) is 3.26. The molecule has 2 rings (SSSR count). The molecule has 0 aromatic heterocycles. The second-order valence-electron chi connectivity index (χ2n) is 5.34. The van der Waals surface area contributed by atoms with Gasteiger partial charge in [0, 0.05) is 36.9 Å². The van der Waals surface area contributed by atoms with E-state index in [2.05, 4.69) is 47.9 Å². The van der Waals surface area contributed by atoms with E-state index in [1.807, 2.05) is 0 Å². The quantitative estimate of drug-likeness (QED) is 0.684. The lowest BCUT2D eigenvalue weighted by molar-refractivity contribution is 0.468. The molecule has 0 aromatic rings. The Morgan fingerprint density at radius 3 is 2.76 bits per heavy atom. The summed E-state index contributed by atoms with van der Waals surface area (Å²) >= 11 is 0. The minimum Gasteiger partial charge on any atom is -0.388 e. The lowest BCUT2D eigenvalue weighted by atomic mass is 9.98. The van der Waals surface area contributed by atoms with Crippen molar-refractivity contribution >= 4 is 5.84 Å². The maximum absolute atomic E-state index is 4.56. The van der Waals surface area contributed by atoms with Gasteiger partial charge >= 0.3 is 0 Å². The number of rotatable bonds is 4. The van der Waals surface area contributed by atoms with E-state index in [-0.39, 0.29) is 0 Å². The molecule has 0 radical (unpaired) electrons. The van der Waals surface area contributed by atoms with Crippen molar-refractivity contribution in [2.24, 2.45) is 16.8 Å². The number of nitrogens with one attached hydrogen (secondary N) is 3. The zero-order valence-corrected chi connectivity index (χ0v) is 11.1. The van der Waals surface area contributed by atoms with Crippen LogP contribution in [0.2, 0.25) is 0 Å². The minimum absolute atomic E-state index is 0.507. The molecule has 0 saturated carbocycles. The molecule has 0 amide bonds. The maximum Gasteiger partial charge on any atom is 0.0992 e. The number of aliphatic imine (C=N–C) groups is 1. The van der Waals surface area contributed by atoms with Gasteiger partial charge in [0.05, 0.1) is 12.4 Å². The SMILES string of the molecule is CC(C)C1=NCC(CC(C)C2=CNCCN2)N1. The first-order valence-electron chi connectivity index (χ1n) is 6.65. The van der Waals surface area contributed by atoms with Crippen molar-refractivity contribution < 1.29 is 0 Å². The molecule has 4 heteroatoms. The van der Waals surface area contributed by atoms with Crippen molar-refractivity contribution in [2.75, 3.05) is 19.6 Å². The number of hydrogen-bond donors (Lipinski definition) is 3. The van der Waals surface area contributed by atoms with Crippen LogP contribution in [0.5, 0.6) is 0 Å². The highest BCUT2D eigenvalue weighted by atomic mass is 15.1. The van der Waals surface area contributed by atoms with Gasteiger partial charge in [-0.25, -0.2) is 0 Å². The Bertz CT molecular complexity index is 319. The third-order valence-electron chi connectivity index (χ3n) is 3.41. The molecule has 17 heavy (non-hydrogen) atoms. The fourth-order valence-electron chi connectivity index (χ4n) is 2.37. The topological polar surface area (TPSA) is 48.5 Å². The van der Waals surface area contributed by atoms with Gasteiger partial charge in [0.15, 0.2) is 0 Å². The van der Waals surface area contributed by atoms with Crippen LogP contribution in [0.1, 0.15) is 27.2 Å². The van der Waals surface area contributed by atoms with Crippen LogP contribution >= 0.6 is 0 Å². The first-order valence-corrected chi connectivity index (χ1v) is 6.65. The summed E-state index contributed by atoms with van der Waals surface area (Å²) in [5.74, 6) is 2.25. The zero-order chi connectivity index (χ0) is 12.3. The summed E-state index contributed by atoms with van der Waals surface area (Å²) in [6, 6.07) is 0.507. The molecule has 3 N–H and O–H groups in total. The van der Waals surface area contributed by atoms with Crippen LogP contribution in [0.25, 0.3) is 0 Å². The zero-order valence-electron chi connectivity index (χ0n) is 11.1. The van der Waals surface area contributed by atoms with Crippen molar-refractivity contribution in [3.05, 3.63) is 11.9 Å².